The van der Waals surface area contributed by atoms with Crippen LogP contribution in [0, 0.1) is 5.51 Å². The fourth-order valence-electron chi connectivity index (χ4n) is 0.376. The van der Waals surface area contributed by atoms with Crippen LogP contribution >= 0.6 is 22.9 Å². The largest absolute Gasteiger partial charge is 0.435 e. The number of halogens is 4. The van der Waals surface area contributed by atoms with Gasteiger partial charge in [-0.2, -0.15) is 13.2 Å². The molecule has 0 saturated heterocycles. The zero-order chi connectivity index (χ0) is 7.78. The van der Waals surface area contributed by atoms with Gasteiger partial charge in [-0.3, -0.25) is 0 Å². The Hall–Kier alpha value is -0.290. The maximum absolute atomic E-state index is 11.7. The summed E-state index contributed by atoms with van der Waals surface area (Å²) in [5.74, 6) is 0. The van der Waals surface area contributed by atoms with Gasteiger partial charge in [0.1, 0.15) is 4.34 Å². The van der Waals surface area contributed by atoms with Crippen molar-refractivity contribution >= 4 is 22.9 Å². The Morgan fingerprint density at radius 3 is 2.30 bits per heavy atom. The molecule has 6 heteroatoms. The second-order valence-electron chi connectivity index (χ2n) is 1.43. The van der Waals surface area contributed by atoms with Crippen LogP contribution in [0.3, 0.4) is 0 Å². The van der Waals surface area contributed by atoms with Gasteiger partial charge in [-0.05, 0) is 0 Å². The monoisotopic (exact) mass is 186 g/mol. The quantitative estimate of drug-likeness (QED) is 0.607. The lowest BCUT2D eigenvalue weighted by Crippen LogP contribution is -2.05. The van der Waals surface area contributed by atoms with E-state index in [1.165, 1.54) is 0 Å². The molecule has 10 heavy (non-hydrogen) atoms. The van der Waals surface area contributed by atoms with E-state index in [0.29, 0.717) is 11.3 Å². The first-order valence-electron chi connectivity index (χ1n) is 2.11. The molecule has 0 aliphatic carbocycles. The summed E-state index contributed by atoms with van der Waals surface area (Å²) in [5.41, 5.74) is 0.988. The lowest BCUT2D eigenvalue weighted by molar-refractivity contribution is -0.140. The summed E-state index contributed by atoms with van der Waals surface area (Å²) in [6.45, 7) is 0. The van der Waals surface area contributed by atoms with E-state index in [4.69, 9.17) is 11.6 Å². The van der Waals surface area contributed by atoms with Crippen LogP contribution in [-0.2, 0) is 6.18 Å². The van der Waals surface area contributed by atoms with Crippen LogP contribution in [0.4, 0.5) is 13.2 Å². The molecule has 0 aliphatic rings. The normalized spacial score (nSPS) is 12.0. The molecule has 55 valence electrons. The van der Waals surface area contributed by atoms with Gasteiger partial charge in [-0.15, -0.1) is 0 Å². The summed E-state index contributed by atoms with van der Waals surface area (Å²) in [6, 6.07) is 0. The van der Waals surface area contributed by atoms with Crippen molar-refractivity contribution < 1.29 is 13.2 Å². The maximum atomic E-state index is 11.7. The Labute approximate surface area is 63.5 Å². The molecule has 0 fully saturated rings. The van der Waals surface area contributed by atoms with Crippen molar-refractivity contribution in [2.45, 2.75) is 6.18 Å². The number of alkyl halides is 3. The number of hydrogen-bond donors (Lipinski definition) is 0. The van der Waals surface area contributed by atoms with Gasteiger partial charge in [0.05, 0.1) is 0 Å². The van der Waals surface area contributed by atoms with Crippen LogP contribution in [0.1, 0.15) is 5.69 Å². The number of nitrogens with zero attached hydrogens (tertiary/aromatic N) is 1. The van der Waals surface area contributed by atoms with Gasteiger partial charge >= 0.3 is 6.18 Å². The van der Waals surface area contributed by atoms with E-state index < -0.39 is 11.9 Å². The third-order valence-electron chi connectivity index (χ3n) is 0.747. The van der Waals surface area contributed by atoms with Crippen LogP contribution in [-0.4, -0.2) is 4.98 Å². The van der Waals surface area contributed by atoms with Crippen molar-refractivity contribution in [2.75, 3.05) is 0 Å². The molecule has 1 rings (SSSR count). The molecule has 0 unspecified atom stereocenters. The van der Waals surface area contributed by atoms with Crippen molar-refractivity contribution in [2.24, 2.45) is 0 Å². The Bertz CT molecular complexity index is 231. The molecule has 0 atom stereocenters. The lowest BCUT2D eigenvalue weighted by Gasteiger charge is -2.00. The first kappa shape index (κ1) is 7.81. The molecule has 0 amide bonds. The summed E-state index contributed by atoms with van der Waals surface area (Å²) in [4.78, 5) is 2.92. The Balaban J connectivity index is 3.05. The van der Waals surface area contributed by atoms with Gasteiger partial charge in [0, 0.05) is 0 Å². The molecule has 0 N–H and O–H groups in total. The van der Waals surface area contributed by atoms with E-state index in [1.807, 2.05) is 5.51 Å². The zero-order valence-electron chi connectivity index (χ0n) is 4.37. The predicted octanol–water partition coefficient (Wildman–Crippen LogP) is 2.62. The standard InChI is InChI=1S/C4ClF3NS/c5-3-2(4(6,7)8)9-1-10-3. The van der Waals surface area contributed by atoms with Crippen molar-refractivity contribution in [3.8, 4) is 0 Å². The molecule has 1 aromatic rings. The average molecular weight is 187 g/mol. The summed E-state index contributed by atoms with van der Waals surface area (Å²) in [7, 11) is 0. The highest BCUT2D eigenvalue weighted by Gasteiger charge is 2.35. The fraction of sp³-hybridized carbons (Fsp3) is 0.250. The number of thiazole rings is 1. The Morgan fingerprint density at radius 2 is 2.10 bits per heavy atom. The first-order valence-corrected chi connectivity index (χ1v) is 3.31. The van der Waals surface area contributed by atoms with Gasteiger partial charge < -0.3 is 0 Å². The van der Waals surface area contributed by atoms with Crippen molar-refractivity contribution in [3.05, 3.63) is 15.5 Å². The average Bonchev–Trinajstić information content (AvgIpc) is 2.11. The molecular formula is C4ClF3NS. The third-order valence-corrected chi connectivity index (χ3v) is 1.71. The van der Waals surface area contributed by atoms with Gasteiger partial charge in [-0.1, -0.05) is 22.9 Å². The van der Waals surface area contributed by atoms with Gasteiger partial charge in [0.2, 0.25) is 0 Å². The highest BCUT2D eigenvalue weighted by atomic mass is 35.5. The summed E-state index contributed by atoms with van der Waals surface area (Å²) in [5, 5.41) is 0. The molecule has 0 aromatic carbocycles. The van der Waals surface area contributed by atoms with E-state index >= 15 is 0 Å². The maximum Gasteiger partial charge on any atom is 0.435 e. The highest BCUT2D eigenvalue weighted by molar-refractivity contribution is 7.13. The van der Waals surface area contributed by atoms with E-state index in [-0.39, 0.29) is 4.34 Å². The van der Waals surface area contributed by atoms with Crippen molar-refractivity contribution in [1.29, 1.82) is 0 Å². The molecule has 0 aliphatic heterocycles. The minimum atomic E-state index is -4.45. The molecule has 0 saturated carbocycles. The molecule has 1 heterocycles. The van der Waals surface area contributed by atoms with Crippen LogP contribution < -0.4 is 0 Å². The summed E-state index contributed by atoms with van der Waals surface area (Å²) in [6.07, 6.45) is -4.45. The number of aromatic nitrogens is 1. The van der Waals surface area contributed by atoms with Crippen LogP contribution in [0.25, 0.3) is 0 Å². The molecule has 0 bridgehead atoms. The van der Waals surface area contributed by atoms with Crippen molar-refractivity contribution in [3.63, 3.8) is 0 Å². The second kappa shape index (κ2) is 2.39. The molecule has 1 radical (unpaired) electrons. The van der Waals surface area contributed by atoms with E-state index in [1.54, 1.807) is 0 Å². The van der Waals surface area contributed by atoms with E-state index in [9.17, 15) is 13.2 Å². The van der Waals surface area contributed by atoms with Crippen LogP contribution in [0.2, 0.25) is 4.34 Å². The van der Waals surface area contributed by atoms with Gasteiger partial charge in [0.15, 0.2) is 11.2 Å². The van der Waals surface area contributed by atoms with Gasteiger partial charge in [0.25, 0.3) is 0 Å². The van der Waals surface area contributed by atoms with E-state index in [2.05, 4.69) is 4.98 Å². The van der Waals surface area contributed by atoms with Crippen molar-refractivity contribution in [1.82, 2.24) is 4.98 Å². The van der Waals surface area contributed by atoms with Gasteiger partial charge in [-0.25, -0.2) is 4.98 Å². The Kier molecular flexibility index (Phi) is 1.87. The summed E-state index contributed by atoms with van der Waals surface area (Å²) >= 11 is 5.77. The van der Waals surface area contributed by atoms with Crippen LogP contribution in [0.5, 0.6) is 0 Å². The smallest absolute Gasteiger partial charge is 0.227 e. The zero-order valence-corrected chi connectivity index (χ0v) is 5.94. The fourth-order valence-corrected chi connectivity index (χ4v) is 1.10. The van der Waals surface area contributed by atoms with E-state index in [0.717, 1.165) is 0 Å². The minimum Gasteiger partial charge on any atom is -0.227 e. The van der Waals surface area contributed by atoms with Crippen LogP contribution in [0.15, 0.2) is 0 Å². The minimum absolute atomic E-state index is 0.368. The topological polar surface area (TPSA) is 12.9 Å². The number of hydrogen-bond acceptors (Lipinski definition) is 2. The SMILES string of the molecule is FC(F)(F)c1n[c]sc1Cl. The number of rotatable bonds is 0. The summed E-state index contributed by atoms with van der Waals surface area (Å²) < 4.78 is 34.8. The lowest BCUT2D eigenvalue weighted by atomic mass is 10.5. The molecule has 0 spiro atoms. The molecule has 1 nitrogen and oxygen atoms in total. The highest BCUT2D eigenvalue weighted by Crippen LogP contribution is 2.34. The Morgan fingerprint density at radius 1 is 1.50 bits per heavy atom. The first-order chi connectivity index (χ1) is 4.52. The third kappa shape index (κ3) is 1.41. The second-order valence-corrected chi connectivity index (χ2v) is 2.82. The molecular weight excluding hydrogens is 187 g/mol. The molecule has 1 aromatic heterocycles. The predicted molar refractivity (Wildman–Crippen MR) is 31.0 cm³/mol.